The number of rotatable bonds is 2. The normalized spacial score (nSPS) is 10.8. The predicted octanol–water partition coefficient (Wildman–Crippen LogP) is 2.53. The van der Waals surface area contributed by atoms with Crippen molar-refractivity contribution in [3.8, 4) is 0 Å². The molecule has 2 heteroatoms. The molecule has 0 bridgehead atoms. The Balaban J connectivity index is 2.47. The highest BCUT2D eigenvalue weighted by Gasteiger charge is 1.99. The van der Waals surface area contributed by atoms with Crippen molar-refractivity contribution in [3.05, 3.63) is 36.5 Å². The number of aromatic nitrogens is 2. The molecule has 0 saturated carbocycles. The zero-order chi connectivity index (χ0) is 8.39. The summed E-state index contributed by atoms with van der Waals surface area (Å²) in [7, 11) is 0. The van der Waals surface area contributed by atoms with Gasteiger partial charge in [-0.2, -0.15) is 0 Å². The van der Waals surface area contributed by atoms with Gasteiger partial charge >= 0.3 is 0 Å². The minimum absolute atomic E-state index is 0.971. The van der Waals surface area contributed by atoms with Gasteiger partial charge in [0, 0.05) is 6.42 Å². The number of para-hydroxylation sites is 2. The van der Waals surface area contributed by atoms with Gasteiger partial charge in [0.15, 0.2) is 0 Å². The fourth-order valence-corrected chi connectivity index (χ4v) is 1.26. The summed E-state index contributed by atoms with van der Waals surface area (Å²) in [5, 5.41) is 0. The molecule has 0 atom stereocenters. The van der Waals surface area contributed by atoms with Gasteiger partial charge in [0.1, 0.15) is 5.82 Å². The van der Waals surface area contributed by atoms with E-state index in [4.69, 9.17) is 0 Å². The SMILES string of the molecule is CC[CH]c1nc2ccccc2[nH]1. The maximum absolute atomic E-state index is 4.39. The summed E-state index contributed by atoms with van der Waals surface area (Å²) in [5.41, 5.74) is 2.15. The third-order valence-electron chi connectivity index (χ3n) is 1.81. The van der Waals surface area contributed by atoms with Crippen LogP contribution in [0.2, 0.25) is 0 Å². The number of nitrogens with one attached hydrogen (secondary N) is 1. The molecule has 1 N–H and O–H groups in total. The zero-order valence-electron chi connectivity index (χ0n) is 7.04. The lowest BCUT2D eigenvalue weighted by molar-refractivity contribution is 1.05. The Morgan fingerprint density at radius 1 is 1.42 bits per heavy atom. The molecule has 1 aromatic heterocycles. The highest BCUT2D eigenvalue weighted by molar-refractivity contribution is 5.74. The summed E-state index contributed by atoms with van der Waals surface area (Å²) in [6.07, 6.45) is 3.10. The van der Waals surface area contributed by atoms with Crippen molar-refractivity contribution in [1.82, 2.24) is 9.97 Å². The van der Waals surface area contributed by atoms with Crippen LogP contribution in [0.15, 0.2) is 24.3 Å². The minimum atomic E-state index is 0.971. The first kappa shape index (κ1) is 7.35. The lowest BCUT2D eigenvalue weighted by Gasteiger charge is -1.86. The Bertz CT molecular complexity index is 343. The fraction of sp³-hybridized carbons (Fsp3) is 0.200. The van der Waals surface area contributed by atoms with Crippen molar-refractivity contribution in [2.75, 3.05) is 0 Å². The minimum Gasteiger partial charge on any atom is -0.342 e. The molecule has 0 unspecified atom stereocenters. The molecular formula is C10H11N2. The van der Waals surface area contributed by atoms with Crippen LogP contribution in [0.1, 0.15) is 19.2 Å². The van der Waals surface area contributed by atoms with Gasteiger partial charge < -0.3 is 4.98 Å². The van der Waals surface area contributed by atoms with E-state index in [9.17, 15) is 0 Å². The predicted molar refractivity (Wildman–Crippen MR) is 49.8 cm³/mol. The van der Waals surface area contributed by atoms with Crippen molar-refractivity contribution < 1.29 is 0 Å². The monoisotopic (exact) mass is 159 g/mol. The van der Waals surface area contributed by atoms with Crippen LogP contribution in [0.4, 0.5) is 0 Å². The quantitative estimate of drug-likeness (QED) is 0.716. The van der Waals surface area contributed by atoms with Gasteiger partial charge in [-0.3, -0.25) is 0 Å². The molecule has 1 radical (unpaired) electrons. The van der Waals surface area contributed by atoms with E-state index in [0.29, 0.717) is 0 Å². The maximum atomic E-state index is 4.39. The molecule has 2 rings (SSSR count). The van der Waals surface area contributed by atoms with E-state index in [0.717, 1.165) is 23.3 Å². The molecule has 0 aliphatic rings. The third kappa shape index (κ3) is 1.20. The van der Waals surface area contributed by atoms with E-state index < -0.39 is 0 Å². The largest absolute Gasteiger partial charge is 0.342 e. The lowest BCUT2D eigenvalue weighted by atomic mass is 10.3. The van der Waals surface area contributed by atoms with Crippen LogP contribution in [0.5, 0.6) is 0 Å². The van der Waals surface area contributed by atoms with Crippen molar-refractivity contribution in [1.29, 1.82) is 0 Å². The average molecular weight is 159 g/mol. The smallest absolute Gasteiger partial charge is 0.111 e. The van der Waals surface area contributed by atoms with Gasteiger partial charge in [0.05, 0.1) is 11.0 Å². The summed E-state index contributed by atoms with van der Waals surface area (Å²) in [6.45, 7) is 2.10. The number of hydrogen-bond donors (Lipinski definition) is 1. The second kappa shape index (κ2) is 2.97. The average Bonchev–Trinajstić information content (AvgIpc) is 2.47. The van der Waals surface area contributed by atoms with Crippen molar-refractivity contribution >= 4 is 11.0 Å². The first-order valence-electron chi connectivity index (χ1n) is 4.18. The summed E-state index contributed by atoms with van der Waals surface area (Å²) in [4.78, 5) is 7.62. The molecule has 0 aliphatic carbocycles. The highest BCUT2D eigenvalue weighted by atomic mass is 14.9. The molecule has 1 aromatic carbocycles. The van der Waals surface area contributed by atoms with Gasteiger partial charge in [0.2, 0.25) is 0 Å². The molecule has 0 spiro atoms. The number of benzene rings is 1. The van der Waals surface area contributed by atoms with E-state index in [1.807, 2.05) is 24.3 Å². The first-order chi connectivity index (χ1) is 5.90. The molecule has 2 nitrogen and oxygen atoms in total. The van der Waals surface area contributed by atoms with E-state index in [1.165, 1.54) is 0 Å². The van der Waals surface area contributed by atoms with Gasteiger partial charge in [-0.15, -0.1) is 0 Å². The van der Waals surface area contributed by atoms with Crippen LogP contribution in [0, 0.1) is 6.42 Å². The summed E-state index contributed by atoms with van der Waals surface area (Å²) in [5.74, 6) is 0.971. The van der Waals surface area contributed by atoms with Gasteiger partial charge in [-0.25, -0.2) is 4.98 Å². The first-order valence-corrected chi connectivity index (χ1v) is 4.18. The number of imidazole rings is 1. The highest BCUT2D eigenvalue weighted by Crippen LogP contribution is 2.11. The second-order valence-corrected chi connectivity index (χ2v) is 2.75. The zero-order valence-corrected chi connectivity index (χ0v) is 7.04. The standard InChI is InChI=1S/C10H11N2/c1-2-5-10-11-8-6-3-4-7-9(8)12-10/h3-7H,2H2,1H3,(H,11,12). The molecule has 0 fully saturated rings. The number of hydrogen-bond acceptors (Lipinski definition) is 1. The number of aromatic amines is 1. The Morgan fingerprint density at radius 2 is 2.25 bits per heavy atom. The third-order valence-corrected chi connectivity index (χ3v) is 1.81. The van der Waals surface area contributed by atoms with Crippen LogP contribution >= 0.6 is 0 Å². The fourth-order valence-electron chi connectivity index (χ4n) is 1.26. The molecule has 0 aliphatic heterocycles. The molecule has 2 aromatic rings. The summed E-state index contributed by atoms with van der Waals surface area (Å²) in [6, 6.07) is 8.06. The number of nitrogens with zero attached hydrogens (tertiary/aromatic N) is 1. The van der Waals surface area contributed by atoms with Crippen LogP contribution < -0.4 is 0 Å². The topological polar surface area (TPSA) is 28.7 Å². The van der Waals surface area contributed by atoms with Crippen molar-refractivity contribution in [2.24, 2.45) is 0 Å². The van der Waals surface area contributed by atoms with Crippen LogP contribution in [0.25, 0.3) is 11.0 Å². The number of H-pyrrole nitrogens is 1. The van der Waals surface area contributed by atoms with Gasteiger partial charge in [-0.1, -0.05) is 19.1 Å². The summed E-state index contributed by atoms with van der Waals surface area (Å²) >= 11 is 0. The Morgan fingerprint density at radius 3 is 3.00 bits per heavy atom. The second-order valence-electron chi connectivity index (χ2n) is 2.75. The molecule has 61 valence electrons. The van der Waals surface area contributed by atoms with E-state index >= 15 is 0 Å². The lowest BCUT2D eigenvalue weighted by Crippen LogP contribution is -1.80. The number of fused-ring (bicyclic) bond motifs is 1. The van der Waals surface area contributed by atoms with Crippen molar-refractivity contribution in [3.63, 3.8) is 0 Å². The molecule has 0 amide bonds. The van der Waals surface area contributed by atoms with E-state index in [-0.39, 0.29) is 0 Å². The Kier molecular flexibility index (Phi) is 1.82. The van der Waals surface area contributed by atoms with E-state index in [2.05, 4.69) is 23.3 Å². The van der Waals surface area contributed by atoms with Crippen molar-refractivity contribution in [2.45, 2.75) is 13.3 Å². The summed E-state index contributed by atoms with van der Waals surface area (Å²) < 4.78 is 0. The van der Waals surface area contributed by atoms with Gasteiger partial charge in [-0.05, 0) is 18.6 Å². The van der Waals surface area contributed by atoms with Crippen LogP contribution in [-0.4, -0.2) is 9.97 Å². The molecule has 12 heavy (non-hydrogen) atoms. The Hall–Kier alpha value is -1.31. The van der Waals surface area contributed by atoms with E-state index in [1.54, 1.807) is 0 Å². The molecular weight excluding hydrogens is 148 g/mol. The molecule has 0 saturated heterocycles. The Labute approximate surface area is 71.6 Å². The maximum Gasteiger partial charge on any atom is 0.111 e. The molecule has 1 heterocycles. The van der Waals surface area contributed by atoms with Crippen LogP contribution in [0.3, 0.4) is 0 Å². The van der Waals surface area contributed by atoms with Crippen LogP contribution in [-0.2, 0) is 0 Å². The van der Waals surface area contributed by atoms with Gasteiger partial charge in [0.25, 0.3) is 0 Å².